The van der Waals surface area contributed by atoms with Crippen molar-refractivity contribution in [3.05, 3.63) is 11.6 Å². The van der Waals surface area contributed by atoms with Gasteiger partial charge in [-0.1, -0.05) is 6.92 Å². The second kappa shape index (κ2) is 7.79. The summed E-state index contributed by atoms with van der Waals surface area (Å²) in [6.45, 7) is 2.42. The first kappa shape index (κ1) is 23.3. The topological polar surface area (TPSA) is 110 Å². The minimum absolute atomic E-state index is 0.0774. The van der Waals surface area contributed by atoms with Crippen molar-refractivity contribution in [3.63, 3.8) is 0 Å². The molecule has 5 rings (SSSR count). The van der Waals surface area contributed by atoms with Crippen LogP contribution in [-0.4, -0.2) is 58.2 Å². The van der Waals surface area contributed by atoms with Crippen molar-refractivity contribution in [2.45, 2.75) is 82.0 Å². The molecule has 2 N–H and O–H groups in total. The van der Waals surface area contributed by atoms with Crippen molar-refractivity contribution in [1.82, 2.24) is 0 Å². The number of aliphatic hydroxyl groups is 2. The summed E-state index contributed by atoms with van der Waals surface area (Å²) < 4.78 is 10.6. The SMILES string of the molecule is CC12CC[C@H]3[C@@H](CCC4(O)CC(OC(=O)CCl)CCC34C=O)C1(O)CCC2C1=CC(=O)OC1. The van der Waals surface area contributed by atoms with Gasteiger partial charge < -0.3 is 24.5 Å². The van der Waals surface area contributed by atoms with Crippen molar-refractivity contribution in [2.75, 3.05) is 12.5 Å². The van der Waals surface area contributed by atoms with Gasteiger partial charge in [0.1, 0.15) is 24.9 Å². The fourth-order valence-electron chi connectivity index (χ4n) is 8.64. The zero-order valence-corrected chi connectivity index (χ0v) is 19.8. The Kier molecular flexibility index (Phi) is 5.50. The molecule has 8 atom stereocenters. The number of carbonyl (C=O) groups is 3. The van der Waals surface area contributed by atoms with Gasteiger partial charge in [-0.2, -0.15) is 0 Å². The lowest BCUT2D eigenvalue weighted by Crippen LogP contribution is -2.69. The van der Waals surface area contributed by atoms with Gasteiger partial charge in [-0.3, -0.25) is 4.79 Å². The van der Waals surface area contributed by atoms with E-state index in [4.69, 9.17) is 21.1 Å². The van der Waals surface area contributed by atoms with Crippen LogP contribution in [-0.2, 0) is 23.9 Å². The number of cyclic esters (lactones) is 1. The van der Waals surface area contributed by atoms with Crippen LogP contribution < -0.4 is 0 Å². The number of aldehydes is 1. The lowest BCUT2D eigenvalue weighted by molar-refractivity contribution is -0.249. The monoisotopic (exact) mass is 480 g/mol. The number of rotatable bonds is 4. The zero-order chi connectivity index (χ0) is 23.6. The third-order valence-corrected chi connectivity index (χ3v) is 10.5. The van der Waals surface area contributed by atoms with Crippen LogP contribution in [0.2, 0.25) is 0 Å². The van der Waals surface area contributed by atoms with E-state index in [1.165, 1.54) is 0 Å². The zero-order valence-electron chi connectivity index (χ0n) is 19.1. The maximum atomic E-state index is 12.7. The van der Waals surface area contributed by atoms with Crippen molar-refractivity contribution >= 4 is 29.8 Å². The highest BCUT2D eigenvalue weighted by Crippen LogP contribution is 2.70. The van der Waals surface area contributed by atoms with Crippen molar-refractivity contribution in [3.8, 4) is 0 Å². The predicted octanol–water partition coefficient (Wildman–Crippen LogP) is 2.69. The minimum Gasteiger partial charge on any atom is -0.461 e. The van der Waals surface area contributed by atoms with E-state index in [1.54, 1.807) is 6.08 Å². The smallest absolute Gasteiger partial charge is 0.331 e. The fraction of sp³-hybridized carbons (Fsp3) is 0.800. The van der Waals surface area contributed by atoms with Crippen LogP contribution in [0.25, 0.3) is 0 Å². The van der Waals surface area contributed by atoms with Crippen molar-refractivity contribution in [1.29, 1.82) is 0 Å². The van der Waals surface area contributed by atoms with Crippen molar-refractivity contribution < 1.29 is 34.1 Å². The molecular weight excluding hydrogens is 448 g/mol. The molecule has 182 valence electrons. The average molecular weight is 481 g/mol. The third kappa shape index (κ3) is 3.11. The molecule has 8 heteroatoms. The maximum Gasteiger partial charge on any atom is 0.331 e. The second-order valence-corrected chi connectivity index (χ2v) is 11.5. The number of ether oxygens (including phenoxy) is 2. The van der Waals surface area contributed by atoms with E-state index in [2.05, 4.69) is 6.92 Å². The van der Waals surface area contributed by atoms with E-state index in [9.17, 15) is 24.6 Å². The van der Waals surface area contributed by atoms with Crippen LogP contribution in [0, 0.1) is 28.6 Å². The minimum atomic E-state index is -1.26. The van der Waals surface area contributed by atoms with E-state index in [0.717, 1.165) is 31.1 Å². The summed E-state index contributed by atoms with van der Waals surface area (Å²) in [4.78, 5) is 36.1. The molecule has 5 aliphatic rings. The molecular formula is C25H33ClO7. The number of hydrogen-bond donors (Lipinski definition) is 2. The highest BCUT2D eigenvalue weighted by molar-refractivity contribution is 6.26. The molecule has 0 aromatic rings. The van der Waals surface area contributed by atoms with Gasteiger partial charge in [-0.25, -0.2) is 4.79 Å². The van der Waals surface area contributed by atoms with Gasteiger partial charge >= 0.3 is 11.9 Å². The average Bonchev–Trinajstić information content (AvgIpc) is 3.33. The van der Waals surface area contributed by atoms with Gasteiger partial charge in [0, 0.05) is 17.9 Å². The lowest BCUT2D eigenvalue weighted by atomic mass is 9.41. The Morgan fingerprint density at radius 1 is 1.18 bits per heavy atom. The second-order valence-electron chi connectivity index (χ2n) is 11.2. The Morgan fingerprint density at radius 3 is 2.61 bits per heavy atom. The van der Waals surface area contributed by atoms with Crippen LogP contribution in [0.15, 0.2) is 11.6 Å². The molecule has 0 amide bonds. The summed E-state index contributed by atoms with van der Waals surface area (Å²) in [5.74, 6) is -1.22. The summed E-state index contributed by atoms with van der Waals surface area (Å²) in [7, 11) is 0. The molecule has 1 heterocycles. The van der Waals surface area contributed by atoms with Gasteiger partial charge in [0.15, 0.2) is 0 Å². The molecule has 0 radical (unpaired) electrons. The predicted molar refractivity (Wildman–Crippen MR) is 118 cm³/mol. The lowest BCUT2D eigenvalue weighted by Gasteiger charge is -2.65. The molecule has 1 aliphatic heterocycles. The first-order valence-electron chi connectivity index (χ1n) is 12.2. The molecule has 0 spiro atoms. The van der Waals surface area contributed by atoms with Crippen LogP contribution in [0.1, 0.15) is 64.7 Å². The summed E-state index contributed by atoms with van der Waals surface area (Å²) in [5.41, 5.74) is -2.62. The summed E-state index contributed by atoms with van der Waals surface area (Å²) in [6, 6.07) is 0. The summed E-state index contributed by atoms with van der Waals surface area (Å²) >= 11 is 5.58. The van der Waals surface area contributed by atoms with E-state index in [1.807, 2.05) is 0 Å². The highest BCUT2D eigenvalue weighted by Gasteiger charge is 2.71. The first-order valence-corrected chi connectivity index (χ1v) is 12.7. The van der Waals surface area contributed by atoms with Gasteiger partial charge in [0.25, 0.3) is 0 Å². The van der Waals surface area contributed by atoms with Crippen LogP contribution in [0.4, 0.5) is 0 Å². The standard InChI is InChI=1S/C25H33ClO7/c1-22-6-3-18-19(25(22,31)9-5-17(22)15-10-20(28)32-13-15)4-8-24(30)11-16(33-21(29)12-26)2-7-23(18,24)14-27/h10,14,16-19,30-31H,2-9,11-13H2,1H3/t16?,17?,18-,19+,22?,23?,24?,25?/m0/s1. The molecule has 6 unspecified atom stereocenters. The Labute approximate surface area is 198 Å². The van der Waals surface area contributed by atoms with Crippen LogP contribution in [0.5, 0.6) is 0 Å². The molecule has 7 nitrogen and oxygen atoms in total. The number of esters is 2. The summed E-state index contributed by atoms with van der Waals surface area (Å²) in [6.07, 6.45) is 7.07. The Hall–Kier alpha value is -1.44. The maximum absolute atomic E-state index is 12.7. The Balaban J connectivity index is 1.44. The van der Waals surface area contributed by atoms with E-state index in [0.29, 0.717) is 38.7 Å². The quantitative estimate of drug-likeness (QED) is 0.361. The van der Waals surface area contributed by atoms with E-state index < -0.39 is 34.1 Å². The van der Waals surface area contributed by atoms with Gasteiger partial charge in [-0.05, 0) is 74.7 Å². The van der Waals surface area contributed by atoms with Crippen LogP contribution in [0.3, 0.4) is 0 Å². The number of alkyl halides is 1. The summed E-state index contributed by atoms with van der Waals surface area (Å²) in [5, 5.41) is 24.0. The van der Waals surface area contributed by atoms with Gasteiger partial charge in [-0.15, -0.1) is 11.6 Å². The molecule has 0 bridgehead atoms. The number of hydrogen-bond acceptors (Lipinski definition) is 7. The van der Waals surface area contributed by atoms with Gasteiger partial charge in [0.2, 0.25) is 0 Å². The Bertz CT molecular complexity index is 903. The molecule has 0 saturated heterocycles. The number of carbonyl (C=O) groups excluding carboxylic acids is 3. The molecule has 33 heavy (non-hydrogen) atoms. The van der Waals surface area contributed by atoms with Crippen molar-refractivity contribution in [2.24, 2.45) is 28.6 Å². The largest absolute Gasteiger partial charge is 0.461 e. The fourth-order valence-corrected chi connectivity index (χ4v) is 8.70. The van der Waals surface area contributed by atoms with Crippen LogP contribution >= 0.6 is 11.6 Å². The molecule has 4 saturated carbocycles. The molecule has 0 aromatic carbocycles. The first-order chi connectivity index (χ1) is 15.6. The number of fused-ring (bicyclic) bond motifs is 5. The third-order valence-electron chi connectivity index (χ3n) is 10.2. The molecule has 4 aliphatic carbocycles. The number of halogens is 1. The van der Waals surface area contributed by atoms with Gasteiger partial charge in [0.05, 0.1) is 16.6 Å². The Morgan fingerprint density at radius 2 is 1.94 bits per heavy atom. The normalized spacial score (nSPS) is 48.7. The molecule has 4 fully saturated rings. The van der Waals surface area contributed by atoms with E-state index >= 15 is 0 Å². The highest BCUT2D eigenvalue weighted by atomic mass is 35.5. The van der Waals surface area contributed by atoms with E-state index in [-0.39, 0.29) is 36.0 Å². The molecule has 0 aromatic heterocycles.